The van der Waals surface area contributed by atoms with Crippen molar-refractivity contribution in [2.45, 2.75) is 12.5 Å². The fourth-order valence-electron chi connectivity index (χ4n) is 1.51. The van der Waals surface area contributed by atoms with Crippen molar-refractivity contribution in [2.24, 2.45) is 0 Å². The summed E-state index contributed by atoms with van der Waals surface area (Å²) in [5.74, 6) is 0. The Kier molecular flexibility index (Phi) is 4.88. The normalized spacial score (nSPS) is 12.7. The Labute approximate surface area is 131 Å². The van der Waals surface area contributed by atoms with Gasteiger partial charge in [-0.25, -0.2) is 0 Å². The van der Waals surface area contributed by atoms with E-state index in [4.69, 9.17) is 11.6 Å². The van der Waals surface area contributed by atoms with Crippen molar-refractivity contribution in [3.05, 3.63) is 53.2 Å². The summed E-state index contributed by atoms with van der Waals surface area (Å²) >= 11 is 13.4. The SMILES string of the molecule is OC(Cc1ccc(Br)cc1Cl)c1csc(I)c1. The first-order chi connectivity index (χ1) is 8.06. The van der Waals surface area contributed by atoms with Gasteiger partial charge < -0.3 is 5.11 Å². The molecule has 0 amide bonds. The van der Waals surface area contributed by atoms with Crippen molar-refractivity contribution in [1.82, 2.24) is 0 Å². The summed E-state index contributed by atoms with van der Waals surface area (Å²) in [6, 6.07) is 7.72. The van der Waals surface area contributed by atoms with E-state index in [-0.39, 0.29) is 0 Å². The molecule has 0 bridgehead atoms. The van der Waals surface area contributed by atoms with Gasteiger partial charge in [-0.05, 0) is 57.3 Å². The molecule has 0 aliphatic rings. The second kappa shape index (κ2) is 6.02. The van der Waals surface area contributed by atoms with Crippen LogP contribution in [0.5, 0.6) is 0 Å². The predicted octanol–water partition coefficient (Wildman–Crippen LogP) is 5.04. The van der Waals surface area contributed by atoms with Crippen LogP contribution in [-0.4, -0.2) is 5.11 Å². The minimum Gasteiger partial charge on any atom is -0.388 e. The van der Waals surface area contributed by atoms with E-state index in [9.17, 15) is 5.11 Å². The van der Waals surface area contributed by atoms with Crippen LogP contribution in [0.3, 0.4) is 0 Å². The van der Waals surface area contributed by atoms with Gasteiger partial charge in [0.15, 0.2) is 0 Å². The molecule has 0 saturated heterocycles. The van der Waals surface area contributed by atoms with Crippen molar-refractivity contribution in [2.75, 3.05) is 0 Å². The van der Waals surface area contributed by atoms with Gasteiger partial charge in [0, 0.05) is 15.9 Å². The lowest BCUT2D eigenvalue weighted by Gasteiger charge is -2.10. The molecule has 1 aromatic carbocycles. The zero-order valence-electron chi connectivity index (χ0n) is 8.66. The second-order valence-electron chi connectivity index (χ2n) is 3.64. The van der Waals surface area contributed by atoms with E-state index in [0.717, 1.165) is 15.6 Å². The lowest BCUT2D eigenvalue weighted by Crippen LogP contribution is -2.00. The molecular weight excluding hydrogens is 434 g/mol. The quantitative estimate of drug-likeness (QED) is 0.659. The van der Waals surface area contributed by atoms with E-state index in [1.54, 1.807) is 11.3 Å². The summed E-state index contributed by atoms with van der Waals surface area (Å²) < 4.78 is 2.13. The van der Waals surface area contributed by atoms with E-state index in [2.05, 4.69) is 38.5 Å². The van der Waals surface area contributed by atoms with Crippen molar-refractivity contribution < 1.29 is 5.11 Å². The minimum atomic E-state index is -0.492. The molecule has 0 aliphatic carbocycles. The number of aliphatic hydroxyl groups excluding tert-OH is 1. The average molecular weight is 444 g/mol. The molecule has 5 heteroatoms. The van der Waals surface area contributed by atoms with Crippen molar-refractivity contribution in [3.8, 4) is 0 Å². The molecule has 1 atom stereocenters. The molecule has 90 valence electrons. The van der Waals surface area contributed by atoms with Gasteiger partial charge in [-0.15, -0.1) is 11.3 Å². The molecule has 1 nitrogen and oxygen atoms in total. The molecule has 0 saturated carbocycles. The standard InChI is InChI=1S/C12H9BrClIOS/c13-9-2-1-7(10(14)5-9)3-11(16)8-4-12(15)17-6-8/h1-2,4-6,11,16H,3H2. The summed E-state index contributed by atoms with van der Waals surface area (Å²) in [5.41, 5.74) is 1.92. The molecule has 0 radical (unpaired) electrons. The molecule has 2 rings (SSSR count). The molecule has 1 heterocycles. The second-order valence-corrected chi connectivity index (χ2v) is 7.77. The number of hydrogen-bond donors (Lipinski definition) is 1. The van der Waals surface area contributed by atoms with Crippen LogP contribution in [0, 0.1) is 2.88 Å². The predicted molar refractivity (Wildman–Crippen MR) is 84.9 cm³/mol. The van der Waals surface area contributed by atoms with Gasteiger partial charge in [0.2, 0.25) is 0 Å². The van der Waals surface area contributed by atoms with Gasteiger partial charge in [0.25, 0.3) is 0 Å². The highest BCUT2D eigenvalue weighted by molar-refractivity contribution is 14.1. The Morgan fingerprint density at radius 3 is 2.76 bits per heavy atom. The van der Waals surface area contributed by atoms with Gasteiger partial charge in [-0.2, -0.15) is 0 Å². The van der Waals surface area contributed by atoms with Crippen LogP contribution in [0.25, 0.3) is 0 Å². The van der Waals surface area contributed by atoms with Crippen LogP contribution in [0.1, 0.15) is 17.2 Å². The maximum atomic E-state index is 10.1. The molecule has 17 heavy (non-hydrogen) atoms. The Morgan fingerprint density at radius 1 is 1.41 bits per heavy atom. The first kappa shape index (κ1) is 13.8. The Balaban J connectivity index is 2.15. The van der Waals surface area contributed by atoms with Gasteiger partial charge >= 0.3 is 0 Å². The first-order valence-electron chi connectivity index (χ1n) is 4.92. The highest BCUT2D eigenvalue weighted by Gasteiger charge is 2.12. The lowest BCUT2D eigenvalue weighted by molar-refractivity contribution is 0.179. The topological polar surface area (TPSA) is 20.2 Å². The maximum absolute atomic E-state index is 10.1. The number of thiophene rings is 1. The lowest BCUT2D eigenvalue weighted by atomic mass is 10.0. The van der Waals surface area contributed by atoms with Gasteiger partial charge in [-0.1, -0.05) is 33.6 Å². The number of aliphatic hydroxyl groups is 1. The first-order valence-corrected chi connectivity index (χ1v) is 8.05. The smallest absolute Gasteiger partial charge is 0.0839 e. The highest BCUT2D eigenvalue weighted by atomic mass is 127. The van der Waals surface area contributed by atoms with Crippen LogP contribution in [0.15, 0.2) is 34.1 Å². The number of hydrogen-bond acceptors (Lipinski definition) is 2. The molecule has 0 spiro atoms. The van der Waals surface area contributed by atoms with Crippen LogP contribution >= 0.6 is 61.5 Å². The largest absolute Gasteiger partial charge is 0.388 e. The highest BCUT2D eigenvalue weighted by Crippen LogP contribution is 2.28. The Morgan fingerprint density at radius 2 is 2.18 bits per heavy atom. The van der Waals surface area contributed by atoms with Gasteiger partial charge in [0.05, 0.1) is 8.99 Å². The fourth-order valence-corrected chi connectivity index (χ4v) is 3.68. The zero-order valence-corrected chi connectivity index (χ0v) is 14.0. The summed E-state index contributed by atoms with van der Waals surface area (Å²) in [5, 5.41) is 12.8. The van der Waals surface area contributed by atoms with Crippen LogP contribution in [0.4, 0.5) is 0 Å². The third-order valence-electron chi connectivity index (χ3n) is 2.40. The minimum absolute atomic E-state index is 0.492. The van der Waals surface area contributed by atoms with Crippen LogP contribution < -0.4 is 0 Å². The Bertz CT molecular complexity index is 529. The van der Waals surface area contributed by atoms with Crippen LogP contribution in [0.2, 0.25) is 5.02 Å². The van der Waals surface area contributed by atoms with Crippen molar-refractivity contribution in [1.29, 1.82) is 0 Å². The summed E-state index contributed by atoms with van der Waals surface area (Å²) in [4.78, 5) is 0. The molecule has 2 aromatic rings. The van der Waals surface area contributed by atoms with Gasteiger partial charge in [0.1, 0.15) is 0 Å². The molecule has 1 aromatic heterocycles. The maximum Gasteiger partial charge on any atom is 0.0839 e. The molecule has 0 fully saturated rings. The average Bonchev–Trinajstić information content (AvgIpc) is 2.69. The van der Waals surface area contributed by atoms with Crippen molar-refractivity contribution >= 4 is 61.5 Å². The summed E-state index contributed by atoms with van der Waals surface area (Å²) in [6.07, 6.45) is 0.0484. The Hall–Kier alpha value is 0.380. The third kappa shape index (κ3) is 3.67. The summed E-state index contributed by atoms with van der Waals surface area (Å²) in [7, 11) is 0. The van der Waals surface area contributed by atoms with E-state index >= 15 is 0 Å². The van der Waals surface area contributed by atoms with E-state index in [1.165, 1.54) is 2.88 Å². The number of halogens is 3. The van der Waals surface area contributed by atoms with E-state index in [1.807, 2.05) is 29.6 Å². The molecular formula is C12H9BrClIOS. The van der Waals surface area contributed by atoms with E-state index in [0.29, 0.717) is 11.4 Å². The number of rotatable bonds is 3. The molecule has 0 aliphatic heterocycles. The zero-order chi connectivity index (χ0) is 12.4. The van der Waals surface area contributed by atoms with Crippen molar-refractivity contribution in [3.63, 3.8) is 0 Å². The number of benzene rings is 1. The van der Waals surface area contributed by atoms with Crippen LogP contribution in [-0.2, 0) is 6.42 Å². The van der Waals surface area contributed by atoms with Gasteiger partial charge in [-0.3, -0.25) is 0 Å². The summed E-state index contributed by atoms with van der Waals surface area (Å²) in [6.45, 7) is 0. The fraction of sp³-hybridized carbons (Fsp3) is 0.167. The monoisotopic (exact) mass is 442 g/mol. The molecule has 1 unspecified atom stereocenters. The molecule has 1 N–H and O–H groups in total. The van der Waals surface area contributed by atoms with E-state index < -0.39 is 6.10 Å². The third-order valence-corrected chi connectivity index (χ3v) is 5.05.